The molecule has 0 aliphatic rings. The summed E-state index contributed by atoms with van der Waals surface area (Å²) in [6.45, 7) is 4.05. The third-order valence-corrected chi connectivity index (χ3v) is 4.36. The minimum atomic E-state index is -0.124. The number of hydrogen-bond donors (Lipinski definition) is 0. The van der Waals surface area contributed by atoms with E-state index in [0.717, 1.165) is 22.2 Å². The fraction of sp³-hybridized carbons (Fsp3) is 0.0435. The molecule has 0 saturated carbocycles. The Morgan fingerprint density at radius 2 is 1.46 bits per heavy atom. The lowest BCUT2D eigenvalue weighted by atomic mass is 10.1. The van der Waals surface area contributed by atoms with Crippen molar-refractivity contribution in [2.75, 3.05) is 0 Å². The number of allylic oxidation sites excluding steroid dienone is 1. The molecule has 0 atom stereocenters. The molecule has 0 amide bonds. The highest BCUT2D eigenvalue weighted by atomic mass is 16.2. The summed E-state index contributed by atoms with van der Waals surface area (Å²) in [5.74, 6) is 0.521. The molecule has 0 N–H and O–H groups in total. The highest BCUT2D eigenvalue weighted by Gasteiger charge is 2.20. The lowest BCUT2D eigenvalue weighted by molar-refractivity contribution is 0.0959. The van der Waals surface area contributed by atoms with Gasteiger partial charge >= 0.3 is 0 Å². The minimum Gasteiger partial charge on any atom is -0.269 e. The van der Waals surface area contributed by atoms with Crippen LogP contribution in [0.4, 0.5) is 0 Å². The topological polar surface area (TPSA) is 34.9 Å². The number of para-hydroxylation sites is 2. The summed E-state index contributed by atoms with van der Waals surface area (Å²) in [6.07, 6.45) is 0.514. The molecule has 0 aliphatic carbocycles. The van der Waals surface area contributed by atoms with Crippen LogP contribution in [-0.4, -0.2) is 15.5 Å². The van der Waals surface area contributed by atoms with Crippen LogP contribution in [-0.2, 0) is 6.42 Å². The molecule has 3 heteroatoms. The van der Waals surface area contributed by atoms with E-state index < -0.39 is 0 Å². The minimum absolute atomic E-state index is 0.124. The van der Waals surface area contributed by atoms with Crippen LogP contribution in [0.25, 0.3) is 22.4 Å². The zero-order valence-corrected chi connectivity index (χ0v) is 14.3. The van der Waals surface area contributed by atoms with Gasteiger partial charge in [0.15, 0.2) is 0 Å². The van der Waals surface area contributed by atoms with E-state index in [1.807, 2.05) is 84.9 Å². The van der Waals surface area contributed by atoms with Crippen molar-refractivity contribution in [3.63, 3.8) is 0 Å². The van der Waals surface area contributed by atoms with Gasteiger partial charge in [-0.25, -0.2) is 4.98 Å². The Morgan fingerprint density at radius 3 is 2.19 bits per heavy atom. The van der Waals surface area contributed by atoms with Crippen LogP contribution in [0.2, 0.25) is 0 Å². The quantitative estimate of drug-likeness (QED) is 0.483. The van der Waals surface area contributed by atoms with E-state index in [1.54, 1.807) is 4.57 Å². The number of nitrogens with zero attached hydrogens (tertiary/aromatic N) is 2. The van der Waals surface area contributed by atoms with E-state index >= 15 is 0 Å². The van der Waals surface area contributed by atoms with E-state index in [4.69, 9.17) is 4.98 Å². The number of rotatable bonds is 4. The SMILES string of the molecule is C=C(Cc1ccccc1)C(=O)n1c(-c2ccccc2)nc2ccccc21. The van der Waals surface area contributed by atoms with E-state index in [-0.39, 0.29) is 5.91 Å². The second kappa shape index (κ2) is 6.81. The van der Waals surface area contributed by atoms with E-state index in [1.165, 1.54) is 0 Å². The zero-order valence-electron chi connectivity index (χ0n) is 14.3. The molecule has 126 valence electrons. The average molecular weight is 338 g/mol. The summed E-state index contributed by atoms with van der Waals surface area (Å²) in [5.41, 5.74) is 4.11. The summed E-state index contributed by atoms with van der Waals surface area (Å²) >= 11 is 0. The van der Waals surface area contributed by atoms with Crippen LogP contribution in [0.1, 0.15) is 10.4 Å². The number of fused-ring (bicyclic) bond motifs is 1. The van der Waals surface area contributed by atoms with Crippen molar-refractivity contribution in [3.8, 4) is 11.4 Å². The first-order valence-corrected chi connectivity index (χ1v) is 8.53. The second-order valence-corrected chi connectivity index (χ2v) is 6.20. The van der Waals surface area contributed by atoms with Gasteiger partial charge < -0.3 is 0 Å². The maximum Gasteiger partial charge on any atom is 0.259 e. The van der Waals surface area contributed by atoms with Crippen molar-refractivity contribution in [2.45, 2.75) is 6.42 Å². The third kappa shape index (κ3) is 2.95. The van der Waals surface area contributed by atoms with Crippen LogP contribution >= 0.6 is 0 Å². The molecule has 4 rings (SSSR count). The molecular weight excluding hydrogens is 320 g/mol. The predicted molar refractivity (Wildman–Crippen MR) is 105 cm³/mol. The molecule has 0 fully saturated rings. The number of benzene rings is 3. The molecule has 3 aromatic carbocycles. The van der Waals surface area contributed by atoms with Gasteiger partial charge in [0.05, 0.1) is 11.0 Å². The standard InChI is InChI=1S/C23H18N2O/c1-17(16-18-10-4-2-5-11-18)23(26)25-21-15-9-8-14-20(21)24-22(25)19-12-6-3-7-13-19/h2-15H,1,16H2. The molecule has 3 nitrogen and oxygen atoms in total. The fourth-order valence-corrected chi connectivity index (χ4v) is 3.09. The maximum absolute atomic E-state index is 13.2. The highest BCUT2D eigenvalue weighted by Crippen LogP contribution is 2.26. The molecule has 0 spiro atoms. The van der Waals surface area contributed by atoms with E-state index in [0.29, 0.717) is 17.8 Å². The van der Waals surface area contributed by atoms with Crippen molar-refractivity contribution < 1.29 is 4.79 Å². The molecule has 0 aliphatic heterocycles. The van der Waals surface area contributed by atoms with Crippen molar-refractivity contribution in [3.05, 3.63) is 103 Å². The lowest BCUT2D eigenvalue weighted by Crippen LogP contribution is -2.15. The second-order valence-electron chi connectivity index (χ2n) is 6.20. The van der Waals surface area contributed by atoms with Crippen LogP contribution in [0.3, 0.4) is 0 Å². The Morgan fingerprint density at radius 1 is 0.846 bits per heavy atom. The largest absolute Gasteiger partial charge is 0.269 e. The Labute approximate surface area is 152 Å². The zero-order chi connectivity index (χ0) is 17.9. The Kier molecular flexibility index (Phi) is 4.20. The van der Waals surface area contributed by atoms with Crippen molar-refractivity contribution in [1.29, 1.82) is 0 Å². The van der Waals surface area contributed by atoms with E-state index in [2.05, 4.69) is 6.58 Å². The molecular formula is C23H18N2O. The number of hydrogen-bond acceptors (Lipinski definition) is 2. The fourth-order valence-electron chi connectivity index (χ4n) is 3.09. The van der Waals surface area contributed by atoms with Gasteiger partial charge in [-0.2, -0.15) is 0 Å². The lowest BCUT2D eigenvalue weighted by Gasteiger charge is -2.10. The first-order chi connectivity index (χ1) is 12.7. The first kappa shape index (κ1) is 16.0. The Hall–Kier alpha value is -3.46. The average Bonchev–Trinajstić information content (AvgIpc) is 3.08. The first-order valence-electron chi connectivity index (χ1n) is 8.53. The number of carbonyl (C=O) groups excluding carboxylic acids is 1. The maximum atomic E-state index is 13.2. The predicted octanol–water partition coefficient (Wildman–Crippen LogP) is 5.14. The summed E-state index contributed by atoms with van der Waals surface area (Å²) in [5, 5.41) is 0. The number of imidazole rings is 1. The molecule has 1 aromatic heterocycles. The molecule has 0 radical (unpaired) electrons. The van der Waals surface area contributed by atoms with Crippen LogP contribution in [0.15, 0.2) is 97.1 Å². The highest BCUT2D eigenvalue weighted by molar-refractivity contribution is 6.03. The molecule has 0 saturated heterocycles. The van der Waals surface area contributed by atoms with Gasteiger partial charge in [-0.15, -0.1) is 0 Å². The van der Waals surface area contributed by atoms with Gasteiger partial charge in [-0.05, 0) is 17.7 Å². The van der Waals surface area contributed by atoms with E-state index in [9.17, 15) is 4.79 Å². The summed E-state index contributed by atoms with van der Waals surface area (Å²) in [6, 6.07) is 27.4. The van der Waals surface area contributed by atoms with Gasteiger partial charge in [-0.3, -0.25) is 9.36 Å². The van der Waals surface area contributed by atoms with Gasteiger partial charge in [-0.1, -0.05) is 79.4 Å². The van der Waals surface area contributed by atoms with Crippen LogP contribution < -0.4 is 0 Å². The third-order valence-electron chi connectivity index (χ3n) is 4.36. The van der Waals surface area contributed by atoms with Crippen molar-refractivity contribution in [2.24, 2.45) is 0 Å². The van der Waals surface area contributed by atoms with Crippen LogP contribution in [0.5, 0.6) is 0 Å². The summed E-state index contributed by atoms with van der Waals surface area (Å²) in [7, 11) is 0. The normalized spacial score (nSPS) is 10.8. The summed E-state index contributed by atoms with van der Waals surface area (Å²) in [4.78, 5) is 17.9. The molecule has 4 aromatic rings. The smallest absolute Gasteiger partial charge is 0.259 e. The van der Waals surface area contributed by atoms with Gasteiger partial charge in [0.1, 0.15) is 5.82 Å². The van der Waals surface area contributed by atoms with Gasteiger partial charge in [0, 0.05) is 17.6 Å². The molecule has 0 unspecified atom stereocenters. The van der Waals surface area contributed by atoms with Crippen molar-refractivity contribution in [1.82, 2.24) is 9.55 Å². The Bertz CT molecular complexity index is 1080. The monoisotopic (exact) mass is 338 g/mol. The van der Waals surface area contributed by atoms with Crippen LogP contribution in [0, 0.1) is 0 Å². The Balaban J connectivity index is 1.79. The molecule has 0 bridgehead atoms. The summed E-state index contributed by atoms with van der Waals surface area (Å²) < 4.78 is 1.68. The van der Waals surface area contributed by atoms with Gasteiger partial charge in [0.25, 0.3) is 5.91 Å². The van der Waals surface area contributed by atoms with Gasteiger partial charge in [0.2, 0.25) is 0 Å². The number of aromatic nitrogens is 2. The molecule has 1 heterocycles. The van der Waals surface area contributed by atoms with Crippen molar-refractivity contribution >= 4 is 16.9 Å². The number of carbonyl (C=O) groups is 1. The molecule has 26 heavy (non-hydrogen) atoms.